The van der Waals surface area contributed by atoms with Crippen LogP contribution in [0.2, 0.25) is 0 Å². The number of rotatable bonds is 8. The van der Waals surface area contributed by atoms with E-state index in [2.05, 4.69) is 10.6 Å². The van der Waals surface area contributed by atoms with Gasteiger partial charge >= 0.3 is 6.09 Å². The van der Waals surface area contributed by atoms with Crippen molar-refractivity contribution in [1.82, 2.24) is 5.32 Å². The molecule has 140 valence electrons. The van der Waals surface area contributed by atoms with Gasteiger partial charge in [-0.3, -0.25) is 9.69 Å². The molecule has 1 saturated heterocycles. The maximum Gasteiger partial charge on any atom is 0.414 e. The quantitative estimate of drug-likeness (QED) is 0.579. The van der Waals surface area contributed by atoms with Gasteiger partial charge in [-0.15, -0.1) is 0 Å². The van der Waals surface area contributed by atoms with Crippen molar-refractivity contribution in [3.63, 3.8) is 0 Å². The zero-order chi connectivity index (χ0) is 18.7. The van der Waals surface area contributed by atoms with E-state index in [0.29, 0.717) is 12.1 Å². The largest absolute Gasteiger partial charge is 0.442 e. The van der Waals surface area contributed by atoms with E-state index < -0.39 is 18.0 Å². The summed E-state index contributed by atoms with van der Waals surface area (Å²) < 4.78 is 19.3. The molecule has 0 aromatic heterocycles. The van der Waals surface area contributed by atoms with Crippen molar-refractivity contribution in [1.29, 1.82) is 0 Å². The van der Waals surface area contributed by atoms with Crippen LogP contribution in [0.3, 0.4) is 0 Å². The molecule has 1 saturated carbocycles. The number of halogens is 1. The number of benzene rings is 1. The van der Waals surface area contributed by atoms with Crippen molar-refractivity contribution in [2.45, 2.75) is 12.5 Å². The van der Waals surface area contributed by atoms with Crippen LogP contribution < -0.4 is 15.5 Å². The van der Waals surface area contributed by atoms with Gasteiger partial charge in [0, 0.05) is 18.4 Å². The fraction of sp³-hybridized carbons (Fsp3) is 0.471. The second kappa shape index (κ2) is 7.69. The highest BCUT2D eigenvalue weighted by Crippen LogP contribution is 2.36. The highest BCUT2D eigenvalue weighted by atomic mass is 19.1. The van der Waals surface area contributed by atoms with E-state index in [1.54, 1.807) is 6.07 Å². The molecule has 1 heterocycles. The van der Waals surface area contributed by atoms with Crippen molar-refractivity contribution < 1.29 is 28.6 Å². The van der Waals surface area contributed by atoms with Gasteiger partial charge in [0.05, 0.1) is 31.1 Å². The molecular weight excluding hydrogens is 345 g/mol. The van der Waals surface area contributed by atoms with E-state index in [1.807, 2.05) is 0 Å². The average molecular weight is 365 g/mol. The van der Waals surface area contributed by atoms with Gasteiger partial charge in [0.25, 0.3) is 0 Å². The van der Waals surface area contributed by atoms with E-state index in [1.165, 1.54) is 17.0 Å². The van der Waals surface area contributed by atoms with Gasteiger partial charge < -0.3 is 25.3 Å². The molecule has 8 nitrogen and oxygen atoms in total. The van der Waals surface area contributed by atoms with E-state index in [0.717, 1.165) is 6.29 Å². The summed E-state index contributed by atoms with van der Waals surface area (Å²) in [5, 5.41) is 14.2. The van der Waals surface area contributed by atoms with Crippen molar-refractivity contribution in [2.24, 2.45) is 11.8 Å². The molecule has 2 aliphatic rings. The molecule has 2 fully saturated rings. The van der Waals surface area contributed by atoms with E-state index in [9.17, 15) is 18.8 Å². The standard InChI is InChI=1S/C17H20FN3O5/c18-14-6-11(1-2-15(14)19-3-4-22)21-8-12(26-17(21)25)7-20-16(24)13-5-10(13)9-23/h1-2,6,9-10,12-13,19,22H,3-5,7-8H2,(H,20,24)/t10?,12-,13?/m0/s1. The van der Waals surface area contributed by atoms with Crippen molar-refractivity contribution in [3.8, 4) is 0 Å². The molecule has 1 aromatic carbocycles. The maximum atomic E-state index is 14.1. The van der Waals surface area contributed by atoms with Crippen molar-refractivity contribution in [3.05, 3.63) is 24.0 Å². The molecule has 2 amide bonds. The number of amides is 2. The number of aliphatic hydroxyl groups excluding tert-OH is 1. The van der Waals surface area contributed by atoms with E-state index in [-0.39, 0.29) is 49.7 Å². The Labute approximate surface area is 149 Å². The molecule has 3 N–H and O–H groups in total. The normalized spacial score (nSPS) is 24.2. The Morgan fingerprint density at radius 2 is 2.27 bits per heavy atom. The van der Waals surface area contributed by atoms with Crippen LogP contribution in [0.25, 0.3) is 0 Å². The lowest BCUT2D eigenvalue weighted by molar-refractivity contribution is -0.124. The summed E-state index contributed by atoms with van der Waals surface area (Å²) in [6, 6.07) is 4.26. The average Bonchev–Trinajstić information content (AvgIpc) is 3.34. The third kappa shape index (κ3) is 3.93. The number of carbonyl (C=O) groups excluding carboxylic acids is 3. The minimum Gasteiger partial charge on any atom is -0.442 e. The van der Waals surface area contributed by atoms with Crippen LogP contribution in [0.15, 0.2) is 18.2 Å². The number of carbonyl (C=O) groups is 3. The predicted octanol–water partition coefficient (Wildman–Crippen LogP) is 0.506. The van der Waals surface area contributed by atoms with Crippen molar-refractivity contribution in [2.75, 3.05) is 36.5 Å². The summed E-state index contributed by atoms with van der Waals surface area (Å²) in [5.74, 6) is -1.26. The molecule has 2 unspecified atom stereocenters. The van der Waals surface area contributed by atoms with Crippen LogP contribution in [0, 0.1) is 17.7 Å². The summed E-state index contributed by atoms with van der Waals surface area (Å²) in [5.41, 5.74) is 0.576. The first kappa shape index (κ1) is 18.1. The number of nitrogens with one attached hydrogen (secondary N) is 2. The SMILES string of the molecule is O=CC1CC1C(=O)NC[C@H]1CN(c2ccc(NCCO)c(F)c2)C(=O)O1. The summed E-state index contributed by atoms with van der Waals surface area (Å²) in [4.78, 5) is 35.7. The Balaban J connectivity index is 1.55. The highest BCUT2D eigenvalue weighted by Gasteiger charge is 2.43. The molecule has 1 aliphatic heterocycles. The fourth-order valence-electron chi connectivity index (χ4n) is 2.86. The molecule has 26 heavy (non-hydrogen) atoms. The maximum absolute atomic E-state index is 14.1. The smallest absolute Gasteiger partial charge is 0.414 e. The molecule has 3 rings (SSSR count). The number of aldehydes is 1. The van der Waals surface area contributed by atoms with Gasteiger partial charge in [0.2, 0.25) is 5.91 Å². The minimum absolute atomic E-state index is 0.124. The van der Waals surface area contributed by atoms with Gasteiger partial charge in [-0.1, -0.05) is 0 Å². The Kier molecular flexibility index (Phi) is 5.36. The highest BCUT2D eigenvalue weighted by molar-refractivity contribution is 5.90. The Morgan fingerprint density at radius 3 is 2.92 bits per heavy atom. The number of ether oxygens (including phenoxy) is 1. The van der Waals surface area contributed by atoms with E-state index >= 15 is 0 Å². The van der Waals surface area contributed by atoms with Crippen LogP contribution >= 0.6 is 0 Å². The Bertz CT molecular complexity index is 714. The third-order valence-corrected chi connectivity index (χ3v) is 4.42. The number of hydrogen-bond acceptors (Lipinski definition) is 6. The number of anilines is 2. The van der Waals surface area contributed by atoms with Crippen LogP contribution in [0.4, 0.5) is 20.6 Å². The summed E-state index contributed by atoms with van der Waals surface area (Å²) in [7, 11) is 0. The van der Waals surface area contributed by atoms with Crippen LogP contribution in [-0.4, -0.2) is 55.7 Å². The van der Waals surface area contributed by atoms with Crippen LogP contribution in [0.1, 0.15) is 6.42 Å². The van der Waals surface area contributed by atoms with Gasteiger partial charge in [0.15, 0.2) is 0 Å². The van der Waals surface area contributed by atoms with Crippen LogP contribution in [-0.2, 0) is 14.3 Å². The molecule has 0 radical (unpaired) electrons. The fourth-order valence-corrected chi connectivity index (χ4v) is 2.86. The zero-order valence-electron chi connectivity index (χ0n) is 14.0. The van der Waals surface area contributed by atoms with Gasteiger partial charge in [-0.05, 0) is 24.6 Å². The second-order valence-electron chi connectivity index (χ2n) is 6.32. The molecule has 0 bridgehead atoms. The molecule has 9 heteroatoms. The molecule has 1 aromatic rings. The number of aliphatic hydroxyl groups is 1. The first-order chi connectivity index (χ1) is 12.5. The number of cyclic esters (lactones) is 1. The monoisotopic (exact) mass is 365 g/mol. The predicted molar refractivity (Wildman–Crippen MR) is 90.3 cm³/mol. The zero-order valence-corrected chi connectivity index (χ0v) is 14.0. The minimum atomic E-state index is -0.614. The lowest BCUT2D eigenvalue weighted by atomic mass is 10.2. The first-order valence-electron chi connectivity index (χ1n) is 8.39. The summed E-state index contributed by atoms with van der Waals surface area (Å²) in [6.45, 7) is 0.419. The summed E-state index contributed by atoms with van der Waals surface area (Å²) >= 11 is 0. The topological polar surface area (TPSA) is 108 Å². The third-order valence-electron chi connectivity index (χ3n) is 4.42. The second-order valence-corrected chi connectivity index (χ2v) is 6.32. The lowest BCUT2D eigenvalue weighted by Gasteiger charge is -2.15. The Morgan fingerprint density at radius 1 is 1.46 bits per heavy atom. The number of nitrogens with zero attached hydrogens (tertiary/aromatic N) is 1. The Hall–Kier alpha value is -2.68. The van der Waals surface area contributed by atoms with Gasteiger partial charge in [0.1, 0.15) is 18.2 Å². The lowest BCUT2D eigenvalue weighted by Crippen LogP contribution is -2.35. The van der Waals surface area contributed by atoms with Crippen LogP contribution in [0.5, 0.6) is 0 Å². The van der Waals surface area contributed by atoms with Crippen molar-refractivity contribution >= 4 is 29.7 Å². The van der Waals surface area contributed by atoms with E-state index in [4.69, 9.17) is 9.84 Å². The van der Waals surface area contributed by atoms with Gasteiger partial charge in [-0.2, -0.15) is 0 Å². The first-order valence-corrected chi connectivity index (χ1v) is 8.39. The molecule has 1 aliphatic carbocycles. The molecule has 0 spiro atoms. The summed E-state index contributed by atoms with van der Waals surface area (Å²) in [6.07, 6.45) is 0.170. The molecular formula is C17H20FN3O5. The molecule has 3 atom stereocenters. The van der Waals surface area contributed by atoms with Gasteiger partial charge in [-0.25, -0.2) is 9.18 Å². The number of hydrogen-bond donors (Lipinski definition) is 3.